The predicted octanol–water partition coefficient (Wildman–Crippen LogP) is 1.00. The monoisotopic (exact) mass is 330 g/mol. The normalized spacial score (nSPS) is 21.8. The van der Waals surface area contributed by atoms with Crippen LogP contribution in [0.1, 0.15) is 37.0 Å². The Morgan fingerprint density at radius 2 is 1.88 bits per heavy atom. The van der Waals surface area contributed by atoms with Crippen LogP contribution >= 0.6 is 0 Å². The highest BCUT2D eigenvalue weighted by atomic mass is 16.3. The average Bonchev–Trinajstić information content (AvgIpc) is 3.07. The van der Waals surface area contributed by atoms with E-state index in [0.717, 1.165) is 0 Å². The zero-order valence-corrected chi connectivity index (χ0v) is 13.8. The maximum absolute atomic E-state index is 13.2. The second kappa shape index (κ2) is 6.33. The Labute approximate surface area is 140 Å². The molecule has 1 amide bonds. The minimum Gasteiger partial charge on any atom is -0.391 e. The molecule has 7 nitrogen and oxygen atoms in total. The van der Waals surface area contributed by atoms with Gasteiger partial charge in [-0.05, 0) is 38.8 Å². The van der Waals surface area contributed by atoms with Crippen molar-refractivity contribution in [2.45, 2.75) is 44.4 Å². The number of amides is 1. The van der Waals surface area contributed by atoms with Crippen molar-refractivity contribution in [2.24, 2.45) is 0 Å². The Kier molecular flexibility index (Phi) is 4.38. The zero-order chi connectivity index (χ0) is 17.3. The molecule has 128 valence electrons. The molecule has 0 radical (unpaired) electrons. The summed E-state index contributed by atoms with van der Waals surface area (Å²) in [7, 11) is 0. The third kappa shape index (κ3) is 3.18. The topological polar surface area (TPSA) is 91.5 Å². The van der Waals surface area contributed by atoms with Gasteiger partial charge in [0, 0.05) is 6.54 Å². The number of aliphatic hydroxyl groups excluding tert-OH is 1. The Bertz CT molecular complexity index is 709. The van der Waals surface area contributed by atoms with Crippen LogP contribution in [0.2, 0.25) is 0 Å². The number of hydrogen-bond acceptors (Lipinski definition) is 5. The van der Waals surface area contributed by atoms with Gasteiger partial charge in [0.1, 0.15) is 0 Å². The molecule has 0 aliphatic carbocycles. The van der Waals surface area contributed by atoms with E-state index in [9.17, 15) is 15.0 Å². The van der Waals surface area contributed by atoms with Crippen molar-refractivity contribution in [1.82, 2.24) is 19.9 Å². The summed E-state index contributed by atoms with van der Waals surface area (Å²) in [6, 6.07) is 6.72. The lowest BCUT2D eigenvalue weighted by Gasteiger charge is -2.44. The van der Waals surface area contributed by atoms with Gasteiger partial charge < -0.3 is 15.1 Å². The summed E-state index contributed by atoms with van der Waals surface area (Å²) >= 11 is 0. The lowest BCUT2D eigenvalue weighted by Crippen LogP contribution is -2.57. The molecular formula is C17H22N4O3. The third-order valence-corrected chi connectivity index (χ3v) is 4.40. The number of β-amino-alcohol motifs (C(OH)–C–C–N with tert-alkyl or cyclic N) is 1. The summed E-state index contributed by atoms with van der Waals surface area (Å²) in [6.45, 7) is 3.58. The van der Waals surface area contributed by atoms with Gasteiger partial charge >= 0.3 is 0 Å². The summed E-state index contributed by atoms with van der Waals surface area (Å²) < 4.78 is 0. The zero-order valence-electron chi connectivity index (χ0n) is 13.8. The smallest absolute Gasteiger partial charge is 0.256 e. The van der Waals surface area contributed by atoms with Crippen LogP contribution in [-0.4, -0.2) is 60.3 Å². The maximum Gasteiger partial charge on any atom is 0.256 e. The number of likely N-dealkylation sites (tertiary alicyclic amines) is 1. The molecule has 24 heavy (non-hydrogen) atoms. The Balaban J connectivity index is 1.98. The number of aliphatic hydroxyl groups is 2. The minimum absolute atomic E-state index is 0.203. The molecule has 0 saturated carbocycles. The van der Waals surface area contributed by atoms with Gasteiger partial charge in [-0.25, -0.2) is 0 Å². The molecule has 2 heterocycles. The molecule has 2 N–H and O–H groups in total. The minimum atomic E-state index is -1.05. The number of rotatable bonds is 3. The fraction of sp³-hybridized carbons (Fsp3) is 0.471. The molecule has 2 atom stereocenters. The van der Waals surface area contributed by atoms with Crippen LogP contribution in [0.4, 0.5) is 0 Å². The molecule has 7 heteroatoms. The first-order valence-corrected chi connectivity index (χ1v) is 8.05. The molecule has 1 fully saturated rings. The summed E-state index contributed by atoms with van der Waals surface area (Å²) in [6.07, 6.45) is 3.64. The summed E-state index contributed by atoms with van der Waals surface area (Å²) in [4.78, 5) is 16.1. The molecule has 1 saturated heterocycles. The molecule has 2 aromatic rings. The van der Waals surface area contributed by atoms with Gasteiger partial charge in [-0.15, -0.1) is 0 Å². The molecule has 0 spiro atoms. The molecule has 0 unspecified atom stereocenters. The van der Waals surface area contributed by atoms with E-state index in [-0.39, 0.29) is 18.5 Å². The van der Waals surface area contributed by atoms with Crippen molar-refractivity contribution in [3.05, 3.63) is 42.2 Å². The van der Waals surface area contributed by atoms with E-state index < -0.39 is 11.7 Å². The Morgan fingerprint density at radius 1 is 1.21 bits per heavy atom. The van der Waals surface area contributed by atoms with Crippen LogP contribution in [0.3, 0.4) is 0 Å². The van der Waals surface area contributed by atoms with Crippen LogP contribution in [0.15, 0.2) is 36.7 Å². The predicted molar refractivity (Wildman–Crippen MR) is 87.7 cm³/mol. The largest absolute Gasteiger partial charge is 0.391 e. The van der Waals surface area contributed by atoms with Gasteiger partial charge in [-0.2, -0.15) is 15.0 Å². The summed E-state index contributed by atoms with van der Waals surface area (Å²) in [5.41, 5.74) is -0.0339. The third-order valence-electron chi connectivity index (χ3n) is 4.40. The van der Waals surface area contributed by atoms with E-state index in [1.807, 2.05) is 6.07 Å². The van der Waals surface area contributed by atoms with Gasteiger partial charge in [-0.3, -0.25) is 4.79 Å². The number of carbonyl (C=O) groups is 1. The first kappa shape index (κ1) is 16.6. The fourth-order valence-electron chi connectivity index (χ4n) is 3.23. The Hall–Kier alpha value is -2.25. The van der Waals surface area contributed by atoms with Crippen LogP contribution in [0, 0.1) is 0 Å². The number of para-hydroxylation sites is 1. The van der Waals surface area contributed by atoms with E-state index >= 15 is 0 Å². The van der Waals surface area contributed by atoms with Crippen LogP contribution < -0.4 is 0 Å². The SMILES string of the molecule is CC(C)(O)[C@@H]1CC[C@@H](O)CN1C(=O)c1ccccc1-n1nccn1. The van der Waals surface area contributed by atoms with E-state index in [0.29, 0.717) is 24.1 Å². The molecule has 1 aliphatic rings. The fourth-order valence-corrected chi connectivity index (χ4v) is 3.23. The molecule has 0 bridgehead atoms. The highest BCUT2D eigenvalue weighted by Gasteiger charge is 2.40. The first-order chi connectivity index (χ1) is 11.4. The molecule has 3 rings (SSSR count). The number of nitrogens with zero attached hydrogens (tertiary/aromatic N) is 4. The van der Waals surface area contributed by atoms with E-state index in [1.54, 1.807) is 49.3 Å². The molecule has 1 aromatic carbocycles. The van der Waals surface area contributed by atoms with E-state index in [4.69, 9.17) is 0 Å². The standard InChI is InChI=1S/C17H22N4O3/c1-17(2,24)15-8-7-12(22)11-20(15)16(23)13-5-3-4-6-14(13)21-18-9-10-19-21/h3-6,9-10,12,15,22,24H,7-8,11H2,1-2H3/t12-,15+/m1/s1. The van der Waals surface area contributed by atoms with Crippen LogP contribution in [-0.2, 0) is 0 Å². The molecular weight excluding hydrogens is 308 g/mol. The number of aromatic nitrogens is 3. The highest BCUT2D eigenvalue weighted by molar-refractivity contribution is 5.98. The van der Waals surface area contributed by atoms with Gasteiger partial charge in [-0.1, -0.05) is 12.1 Å². The van der Waals surface area contributed by atoms with Crippen LogP contribution in [0.5, 0.6) is 0 Å². The number of benzene rings is 1. The van der Waals surface area contributed by atoms with Crippen molar-refractivity contribution in [1.29, 1.82) is 0 Å². The van der Waals surface area contributed by atoms with E-state index in [2.05, 4.69) is 10.2 Å². The average molecular weight is 330 g/mol. The van der Waals surface area contributed by atoms with Crippen molar-refractivity contribution >= 4 is 5.91 Å². The summed E-state index contributed by atoms with van der Waals surface area (Å²) in [5, 5.41) is 28.6. The van der Waals surface area contributed by atoms with Gasteiger partial charge in [0.2, 0.25) is 0 Å². The summed E-state index contributed by atoms with van der Waals surface area (Å²) in [5.74, 6) is -0.242. The number of hydrogen-bond donors (Lipinski definition) is 2. The quantitative estimate of drug-likeness (QED) is 0.876. The lowest BCUT2D eigenvalue weighted by molar-refractivity contribution is -0.0516. The first-order valence-electron chi connectivity index (χ1n) is 8.05. The second-order valence-corrected chi connectivity index (χ2v) is 6.69. The Morgan fingerprint density at radius 3 is 2.54 bits per heavy atom. The lowest BCUT2D eigenvalue weighted by atomic mass is 9.87. The maximum atomic E-state index is 13.2. The van der Waals surface area contributed by atoms with Crippen molar-refractivity contribution in [2.75, 3.05) is 6.54 Å². The van der Waals surface area contributed by atoms with Gasteiger partial charge in [0.25, 0.3) is 5.91 Å². The van der Waals surface area contributed by atoms with Crippen molar-refractivity contribution in [3.63, 3.8) is 0 Å². The molecule has 1 aromatic heterocycles. The molecule has 1 aliphatic heterocycles. The highest BCUT2D eigenvalue weighted by Crippen LogP contribution is 2.28. The number of piperidine rings is 1. The van der Waals surface area contributed by atoms with Crippen molar-refractivity contribution < 1.29 is 15.0 Å². The van der Waals surface area contributed by atoms with Crippen molar-refractivity contribution in [3.8, 4) is 5.69 Å². The number of carbonyl (C=O) groups excluding carboxylic acids is 1. The second-order valence-electron chi connectivity index (χ2n) is 6.69. The van der Waals surface area contributed by atoms with E-state index in [1.165, 1.54) is 4.80 Å². The van der Waals surface area contributed by atoms with Gasteiger partial charge in [0.15, 0.2) is 0 Å². The van der Waals surface area contributed by atoms with Gasteiger partial charge in [0.05, 0.1) is 41.4 Å². The van der Waals surface area contributed by atoms with Crippen LogP contribution in [0.25, 0.3) is 5.69 Å².